The van der Waals surface area contributed by atoms with E-state index in [2.05, 4.69) is 5.92 Å². The molecular formula is C7H13NO3S. The Morgan fingerprint density at radius 1 is 1.58 bits per heavy atom. The van der Waals surface area contributed by atoms with Crippen molar-refractivity contribution in [3.63, 3.8) is 0 Å². The van der Waals surface area contributed by atoms with Crippen molar-refractivity contribution in [1.82, 2.24) is 4.31 Å². The maximum Gasteiger partial charge on any atom is 0.214 e. The lowest BCUT2D eigenvalue weighted by Crippen LogP contribution is -2.29. The first-order valence-corrected chi connectivity index (χ1v) is 5.14. The Hall–Kier alpha value is -0.570. The Bertz CT molecular complexity index is 252. The fourth-order valence-corrected chi connectivity index (χ4v) is 1.71. The van der Waals surface area contributed by atoms with Gasteiger partial charge in [-0.2, -0.15) is 4.31 Å². The van der Waals surface area contributed by atoms with E-state index >= 15 is 0 Å². The maximum absolute atomic E-state index is 11.2. The van der Waals surface area contributed by atoms with Gasteiger partial charge >= 0.3 is 0 Å². The van der Waals surface area contributed by atoms with Crippen LogP contribution in [0.2, 0.25) is 0 Å². The van der Waals surface area contributed by atoms with Crippen LogP contribution >= 0.6 is 0 Å². The molecule has 0 radical (unpaired) electrons. The van der Waals surface area contributed by atoms with Crippen LogP contribution in [-0.2, 0) is 10.0 Å². The summed E-state index contributed by atoms with van der Waals surface area (Å²) in [5.74, 6) is 2.18. The summed E-state index contributed by atoms with van der Waals surface area (Å²) in [6.07, 6.45) is 5.20. The highest BCUT2D eigenvalue weighted by Gasteiger charge is 2.15. The molecule has 0 aromatic carbocycles. The van der Waals surface area contributed by atoms with E-state index in [1.54, 1.807) is 0 Å². The van der Waals surface area contributed by atoms with Gasteiger partial charge in [0.05, 0.1) is 12.3 Å². The second kappa shape index (κ2) is 5.14. The zero-order valence-electron chi connectivity index (χ0n) is 7.02. The van der Waals surface area contributed by atoms with Crippen molar-refractivity contribution in [3.05, 3.63) is 0 Å². The summed E-state index contributed by atoms with van der Waals surface area (Å²) >= 11 is 0. The quantitative estimate of drug-likeness (QED) is 0.582. The summed E-state index contributed by atoms with van der Waals surface area (Å²) < 4.78 is 23.5. The minimum absolute atomic E-state index is 0.0539. The number of aliphatic hydroxyl groups is 1. The van der Waals surface area contributed by atoms with Gasteiger partial charge in [0.25, 0.3) is 0 Å². The van der Waals surface area contributed by atoms with Gasteiger partial charge in [-0.15, -0.1) is 6.42 Å². The molecule has 5 heteroatoms. The summed E-state index contributed by atoms with van der Waals surface area (Å²) in [6.45, 7) is -0.0448. The molecular weight excluding hydrogens is 178 g/mol. The van der Waals surface area contributed by atoms with Crippen LogP contribution in [0.5, 0.6) is 0 Å². The van der Waals surface area contributed by atoms with Gasteiger partial charge in [0, 0.05) is 13.7 Å². The standard InChI is InChI=1S/C7H13NO3S/c1-3-5-8(2)12(10,11)7-4-6-9/h1,9H,4-7H2,2H3. The van der Waals surface area contributed by atoms with Crippen LogP contribution in [0.25, 0.3) is 0 Å². The van der Waals surface area contributed by atoms with E-state index in [9.17, 15) is 8.42 Å². The fraction of sp³-hybridized carbons (Fsp3) is 0.714. The van der Waals surface area contributed by atoms with Gasteiger partial charge < -0.3 is 5.11 Å². The predicted molar refractivity (Wildman–Crippen MR) is 47.0 cm³/mol. The lowest BCUT2D eigenvalue weighted by molar-refractivity contribution is 0.294. The van der Waals surface area contributed by atoms with Crippen molar-refractivity contribution in [3.8, 4) is 12.3 Å². The SMILES string of the molecule is C#CCN(C)S(=O)(=O)CCCO. The van der Waals surface area contributed by atoms with Gasteiger partial charge in [-0.3, -0.25) is 0 Å². The van der Waals surface area contributed by atoms with E-state index in [-0.39, 0.29) is 25.3 Å². The molecule has 0 atom stereocenters. The zero-order valence-corrected chi connectivity index (χ0v) is 7.84. The second-order valence-corrected chi connectivity index (χ2v) is 4.55. The smallest absolute Gasteiger partial charge is 0.214 e. The number of hydrogen-bond acceptors (Lipinski definition) is 3. The number of rotatable bonds is 5. The van der Waals surface area contributed by atoms with E-state index in [1.165, 1.54) is 7.05 Å². The van der Waals surface area contributed by atoms with Crippen LogP contribution in [0.15, 0.2) is 0 Å². The second-order valence-electron chi connectivity index (χ2n) is 2.35. The molecule has 12 heavy (non-hydrogen) atoms. The summed E-state index contributed by atoms with van der Waals surface area (Å²) in [5.41, 5.74) is 0. The molecule has 0 heterocycles. The molecule has 0 spiro atoms. The largest absolute Gasteiger partial charge is 0.396 e. The first-order valence-electron chi connectivity index (χ1n) is 3.53. The average Bonchev–Trinajstić information content (AvgIpc) is 2.01. The van der Waals surface area contributed by atoms with Crippen LogP contribution in [0.3, 0.4) is 0 Å². The molecule has 0 fully saturated rings. The number of terminal acetylenes is 1. The Morgan fingerprint density at radius 3 is 2.58 bits per heavy atom. The monoisotopic (exact) mass is 191 g/mol. The topological polar surface area (TPSA) is 57.6 Å². The highest BCUT2D eigenvalue weighted by molar-refractivity contribution is 7.89. The van der Waals surface area contributed by atoms with Gasteiger partial charge in [-0.1, -0.05) is 5.92 Å². The lowest BCUT2D eigenvalue weighted by atomic mass is 10.5. The fourth-order valence-electron chi connectivity index (χ4n) is 0.630. The summed E-state index contributed by atoms with van der Waals surface area (Å²) in [7, 11) is -1.83. The third-order valence-corrected chi connectivity index (χ3v) is 3.23. The van der Waals surface area contributed by atoms with Gasteiger partial charge in [0.15, 0.2) is 0 Å². The van der Waals surface area contributed by atoms with Crippen molar-refractivity contribution in [2.75, 3.05) is 26.0 Å². The molecule has 0 amide bonds. The van der Waals surface area contributed by atoms with Crippen molar-refractivity contribution in [2.24, 2.45) is 0 Å². The average molecular weight is 191 g/mol. The van der Waals surface area contributed by atoms with E-state index in [0.29, 0.717) is 0 Å². The molecule has 1 N–H and O–H groups in total. The molecule has 0 saturated heterocycles. The van der Waals surface area contributed by atoms with Gasteiger partial charge in [0.2, 0.25) is 10.0 Å². The van der Waals surface area contributed by atoms with Gasteiger partial charge in [-0.05, 0) is 6.42 Å². The number of sulfonamides is 1. The van der Waals surface area contributed by atoms with Gasteiger partial charge in [0.1, 0.15) is 0 Å². The molecule has 0 aliphatic heterocycles. The molecule has 0 rings (SSSR count). The lowest BCUT2D eigenvalue weighted by Gasteiger charge is -2.12. The van der Waals surface area contributed by atoms with E-state index < -0.39 is 10.0 Å². The minimum Gasteiger partial charge on any atom is -0.396 e. The molecule has 70 valence electrons. The first kappa shape index (κ1) is 11.4. The van der Waals surface area contributed by atoms with E-state index in [0.717, 1.165) is 4.31 Å². The molecule has 0 unspecified atom stereocenters. The van der Waals surface area contributed by atoms with Crippen molar-refractivity contribution >= 4 is 10.0 Å². The Labute approximate surface area is 73.2 Å². The molecule has 0 saturated carbocycles. The van der Waals surface area contributed by atoms with Crippen molar-refractivity contribution in [1.29, 1.82) is 0 Å². The number of aliphatic hydroxyl groups excluding tert-OH is 1. The molecule has 0 aliphatic rings. The summed E-state index contributed by atoms with van der Waals surface area (Å²) in [5, 5.41) is 8.42. The van der Waals surface area contributed by atoms with E-state index in [1.807, 2.05) is 0 Å². The van der Waals surface area contributed by atoms with Crippen molar-refractivity contribution < 1.29 is 13.5 Å². The predicted octanol–water partition coefficient (Wildman–Crippen LogP) is -0.736. The van der Waals surface area contributed by atoms with Crippen LogP contribution in [0.1, 0.15) is 6.42 Å². The van der Waals surface area contributed by atoms with E-state index in [4.69, 9.17) is 11.5 Å². The highest BCUT2D eigenvalue weighted by Crippen LogP contribution is 1.98. The maximum atomic E-state index is 11.2. The molecule has 0 aliphatic carbocycles. The molecule has 0 aromatic rings. The zero-order chi connectivity index (χ0) is 9.61. The Kier molecular flexibility index (Phi) is 4.90. The van der Waals surface area contributed by atoms with Crippen LogP contribution in [-0.4, -0.2) is 43.8 Å². The summed E-state index contributed by atoms with van der Waals surface area (Å²) in [6, 6.07) is 0. The first-order chi connectivity index (χ1) is 5.54. The van der Waals surface area contributed by atoms with Crippen LogP contribution in [0.4, 0.5) is 0 Å². The third-order valence-electron chi connectivity index (χ3n) is 1.35. The van der Waals surface area contributed by atoms with Crippen molar-refractivity contribution in [2.45, 2.75) is 6.42 Å². The normalized spacial score (nSPS) is 11.5. The van der Waals surface area contributed by atoms with Crippen LogP contribution < -0.4 is 0 Å². The number of nitrogens with zero attached hydrogens (tertiary/aromatic N) is 1. The number of hydrogen-bond donors (Lipinski definition) is 1. The molecule has 0 aromatic heterocycles. The Morgan fingerprint density at radius 2 is 2.17 bits per heavy atom. The summed E-state index contributed by atoms with van der Waals surface area (Å²) in [4.78, 5) is 0. The third kappa shape index (κ3) is 3.72. The van der Waals surface area contributed by atoms with Gasteiger partial charge in [-0.25, -0.2) is 8.42 Å². The van der Waals surface area contributed by atoms with Crippen LogP contribution in [0, 0.1) is 12.3 Å². The minimum atomic E-state index is -3.25. The molecule has 0 bridgehead atoms. The molecule has 4 nitrogen and oxygen atoms in total. The Balaban J connectivity index is 4.12. The highest BCUT2D eigenvalue weighted by atomic mass is 32.2.